The highest BCUT2D eigenvalue weighted by Gasteiger charge is 2.16. The van der Waals surface area contributed by atoms with Gasteiger partial charge >= 0.3 is 0 Å². The van der Waals surface area contributed by atoms with Gasteiger partial charge in [-0.05, 0) is 42.3 Å². The van der Waals surface area contributed by atoms with Crippen LogP contribution in [0.1, 0.15) is 21.6 Å². The number of benzene rings is 3. The Morgan fingerprint density at radius 3 is 2.51 bits per heavy atom. The summed E-state index contributed by atoms with van der Waals surface area (Å²) in [5.74, 6) is -1.61. The molecule has 0 bridgehead atoms. The third-order valence-electron chi connectivity index (χ3n) is 5.23. The Balaban J connectivity index is 1.37. The van der Waals surface area contributed by atoms with Crippen molar-refractivity contribution in [2.45, 2.75) is 13.0 Å². The fourth-order valence-corrected chi connectivity index (χ4v) is 4.22. The summed E-state index contributed by atoms with van der Waals surface area (Å²) in [5.41, 5.74) is 1.10. The average molecular weight is 499 g/mol. The standard InChI is InChI=1S/C26H21F3N2O3S/c1-33-24-8-3-2-5-16(24)11-12-30-25(32)23-15-35-26(31-23)18-10-9-17(13-22(18)29)34-14-19-20(27)6-4-7-21(19)28/h2-10,13,15H,11-12,14H2,1H3,(H,30,32). The highest BCUT2D eigenvalue weighted by Crippen LogP contribution is 2.29. The number of methoxy groups -OCH3 is 1. The van der Waals surface area contributed by atoms with Crippen molar-refractivity contribution in [3.63, 3.8) is 0 Å². The normalized spacial score (nSPS) is 10.7. The van der Waals surface area contributed by atoms with E-state index in [1.165, 1.54) is 18.2 Å². The van der Waals surface area contributed by atoms with Gasteiger partial charge in [0.2, 0.25) is 0 Å². The van der Waals surface area contributed by atoms with Crippen molar-refractivity contribution in [2.24, 2.45) is 0 Å². The molecule has 180 valence electrons. The number of nitrogens with one attached hydrogen (secondary N) is 1. The lowest BCUT2D eigenvalue weighted by atomic mass is 10.1. The van der Waals surface area contributed by atoms with E-state index in [1.807, 2.05) is 24.3 Å². The predicted octanol–water partition coefficient (Wildman–Crippen LogP) is 5.79. The molecule has 0 atom stereocenters. The van der Waals surface area contributed by atoms with Gasteiger partial charge in [-0.2, -0.15) is 0 Å². The fourth-order valence-electron chi connectivity index (χ4n) is 3.40. The molecular formula is C26H21F3N2O3S. The summed E-state index contributed by atoms with van der Waals surface area (Å²) >= 11 is 1.13. The molecule has 4 aromatic rings. The lowest BCUT2D eigenvalue weighted by molar-refractivity contribution is 0.0950. The van der Waals surface area contributed by atoms with Gasteiger partial charge in [0.25, 0.3) is 5.91 Å². The Morgan fingerprint density at radius 2 is 1.77 bits per heavy atom. The summed E-state index contributed by atoms with van der Waals surface area (Å²) in [7, 11) is 1.59. The molecule has 4 rings (SSSR count). The SMILES string of the molecule is COc1ccccc1CCNC(=O)c1csc(-c2ccc(OCc3c(F)cccc3F)cc2F)n1. The second-order valence-corrected chi connectivity index (χ2v) is 8.34. The topological polar surface area (TPSA) is 60.5 Å². The van der Waals surface area contributed by atoms with Crippen molar-refractivity contribution in [1.82, 2.24) is 10.3 Å². The van der Waals surface area contributed by atoms with Gasteiger partial charge < -0.3 is 14.8 Å². The number of rotatable bonds is 9. The smallest absolute Gasteiger partial charge is 0.270 e. The minimum atomic E-state index is -0.737. The van der Waals surface area contributed by atoms with E-state index in [0.29, 0.717) is 18.0 Å². The van der Waals surface area contributed by atoms with Crippen molar-refractivity contribution in [1.29, 1.82) is 0 Å². The molecule has 0 aliphatic heterocycles. The molecule has 3 aromatic carbocycles. The van der Waals surface area contributed by atoms with E-state index in [1.54, 1.807) is 12.5 Å². The molecular weight excluding hydrogens is 477 g/mol. The lowest BCUT2D eigenvalue weighted by Gasteiger charge is -2.09. The maximum atomic E-state index is 14.7. The van der Waals surface area contributed by atoms with E-state index in [2.05, 4.69) is 10.3 Å². The van der Waals surface area contributed by atoms with Gasteiger partial charge in [-0.3, -0.25) is 4.79 Å². The van der Waals surface area contributed by atoms with Crippen LogP contribution in [0.15, 0.2) is 66.0 Å². The van der Waals surface area contributed by atoms with Crippen LogP contribution in [-0.2, 0) is 13.0 Å². The number of hydrogen-bond donors (Lipinski definition) is 1. The zero-order valence-electron chi connectivity index (χ0n) is 18.7. The first-order valence-corrected chi connectivity index (χ1v) is 11.6. The predicted molar refractivity (Wildman–Crippen MR) is 127 cm³/mol. The molecule has 1 aromatic heterocycles. The molecule has 5 nitrogen and oxygen atoms in total. The minimum absolute atomic E-state index is 0.111. The van der Waals surface area contributed by atoms with E-state index >= 15 is 0 Å². The van der Waals surface area contributed by atoms with Gasteiger partial charge in [0.1, 0.15) is 46.3 Å². The van der Waals surface area contributed by atoms with E-state index in [0.717, 1.165) is 40.8 Å². The summed E-state index contributed by atoms with van der Waals surface area (Å²) in [4.78, 5) is 16.7. The minimum Gasteiger partial charge on any atom is -0.496 e. The van der Waals surface area contributed by atoms with Crippen LogP contribution in [0.25, 0.3) is 10.6 Å². The number of hydrogen-bond acceptors (Lipinski definition) is 5. The molecule has 0 saturated carbocycles. The van der Waals surface area contributed by atoms with Crippen LogP contribution < -0.4 is 14.8 Å². The first-order valence-electron chi connectivity index (χ1n) is 10.7. The van der Waals surface area contributed by atoms with Crippen LogP contribution in [0.4, 0.5) is 13.2 Å². The molecule has 0 saturated heterocycles. The van der Waals surface area contributed by atoms with E-state index in [4.69, 9.17) is 9.47 Å². The molecule has 0 aliphatic rings. The maximum absolute atomic E-state index is 14.7. The van der Waals surface area contributed by atoms with Gasteiger partial charge in [0.15, 0.2) is 0 Å². The van der Waals surface area contributed by atoms with E-state index in [9.17, 15) is 18.0 Å². The van der Waals surface area contributed by atoms with Crippen LogP contribution in [-0.4, -0.2) is 24.5 Å². The number of aromatic nitrogens is 1. The van der Waals surface area contributed by atoms with E-state index < -0.39 is 17.5 Å². The monoisotopic (exact) mass is 498 g/mol. The van der Waals surface area contributed by atoms with Crippen LogP contribution in [0.5, 0.6) is 11.5 Å². The van der Waals surface area contributed by atoms with Crippen molar-refractivity contribution in [2.75, 3.05) is 13.7 Å². The van der Waals surface area contributed by atoms with Crippen LogP contribution in [0.3, 0.4) is 0 Å². The number of carbonyl (C=O) groups is 1. The molecule has 1 heterocycles. The number of nitrogens with zero attached hydrogens (tertiary/aromatic N) is 1. The highest BCUT2D eigenvalue weighted by atomic mass is 32.1. The summed E-state index contributed by atoms with van der Waals surface area (Å²) in [5, 5.41) is 4.68. The highest BCUT2D eigenvalue weighted by molar-refractivity contribution is 7.13. The number of para-hydroxylation sites is 1. The quantitative estimate of drug-likeness (QED) is 0.318. The summed E-state index contributed by atoms with van der Waals surface area (Å²) in [6.45, 7) is 0.00276. The Bertz CT molecular complexity index is 1320. The molecule has 35 heavy (non-hydrogen) atoms. The van der Waals surface area contributed by atoms with Crippen LogP contribution >= 0.6 is 11.3 Å². The zero-order chi connectivity index (χ0) is 24.8. The Morgan fingerprint density at radius 1 is 1.00 bits per heavy atom. The maximum Gasteiger partial charge on any atom is 0.270 e. The number of carbonyl (C=O) groups excluding carboxylic acids is 1. The molecule has 0 radical (unpaired) electrons. The number of ether oxygens (including phenoxy) is 2. The Kier molecular flexibility index (Phi) is 7.67. The molecule has 1 amide bonds. The van der Waals surface area contributed by atoms with Crippen LogP contribution in [0, 0.1) is 17.5 Å². The second kappa shape index (κ2) is 11.1. The summed E-state index contributed by atoms with van der Waals surface area (Å²) in [6.07, 6.45) is 0.583. The van der Waals surface area contributed by atoms with Gasteiger partial charge in [-0.25, -0.2) is 18.2 Å². The molecule has 0 fully saturated rings. The second-order valence-electron chi connectivity index (χ2n) is 7.49. The van der Waals surface area contributed by atoms with Crippen molar-refractivity contribution >= 4 is 17.2 Å². The largest absolute Gasteiger partial charge is 0.496 e. The van der Waals surface area contributed by atoms with Gasteiger partial charge in [0.05, 0.1) is 12.7 Å². The zero-order valence-corrected chi connectivity index (χ0v) is 19.5. The van der Waals surface area contributed by atoms with Crippen LogP contribution in [0.2, 0.25) is 0 Å². The Labute approximate surface area is 204 Å². The average Bonchev–Trinajstić information content (AvgIpc) is 3.34. The summed E-state index contributed by atoms with van der Waals surface area (Å²) < 4.78 is 52.9. The molecule has 1 N–H and O–H groups in total. The first kappa shape index (κ1) is 24.3. The number of amides is 1. The summed E-state index contributed by atoms with van der Waals surface area (Å²) in [6, 6.07) is 15.1. The lowest BCUT2D eigenvalue weighted by Crippen LogP contribution is -2.26. The molecule has 0 spiro atoms. The van der Waals surface area contributed by atoms with E-state index in [-0.39, 0.29) is 35.1 Å². The van der Waals surface area contributed by atoms with Gasteiger partial charge in [0, 0.05) is 23.6 Å². The Hall–Kier alpha value is -3.85. The molecule has 0 aliphatic carbocycles. The number of thiazole rings is 1. The fraction of sp³-hybridized carbons (Fsp3) is 0.154. The molecule has 0 unspecified atom stereocenters. The van der Waals surface area contributed by atoms with Crippen molar-refractivity contribution in [3.8, 4) is 22.1 Å². The van der Waals surface area contributed by atoms with Crippen molar-refractivity contribution < 1.29 is 27.4 Å². The third-order valence-corrected chi connectivity index (χ3v) is 6.10. The molecule has 9 heteroatoms. The van der Waals surface area contributed by atoms with Gasteiger partial charge in [-0.15, -0.1) is 11.3 Å². The van der Waals surface area contributed by atoms with Crippen molar-refractivity contribution in [3.05, 3.63) is 100 Å². The van der Waals surface area contributed by atoms with Gasteiger partial charge in [-0.1, -0.05) is 24.3 Å². The third kappa shape index (κ3) is 5.81. The number of halogens is 3. The first-order chi connectivity index (χ1) is 17.0.